The molecule has 2 heterocycles. The first kappa shape index (κ1) is 18.0. The summed E-state index contributed by atoms with van der Waals surface area (Å²) in [6.45, 7) is 0.165. The zero-order valence-electron chi connectivity index (χ0n) is 15.5. The number of benzene rings is 1. The highest BCUT2D eigenvalue weighted by Gasteiger charge is 2.58. The fourth-order valence-electron chi connectivity index (χ4n) is 3.91. The third-order valence-corrected chi connectivity index (χ3v) is 5.55. The van der Waals surface area contributed by atoms with Gasteiger partial charge in [-0.15, -0.1) is 0 Å². The fraction of sp³-hybridized carbons (Fsp3) is 0.300. The van der Waals surface area contributed by atoms with Crippen molar-refractivity contribution in [1.29, 1.82) is 0 Å². The van der Waals surface area contributed by atoms with Crippen LogP contribution in [-0.2, 0) is 24.2 Å². The average molecular weight is 381 g/mol. The number of carbonyl (C=O) groups is 3. The Morgan fingerprint density at radius 1 is 1.25 bits per heavy atom. The first-order valence-electron chi connectivity index (χ1n) is 8.79. The van der Waals surface area contributed by atoms with E-state index in [1.807, 2.05) is 12.1 Å². The van der Waals surface area contributed by atoms with Crippen LogP contribution in [0.4, 0.5) is 4.79 Å². The summed E-state index contributed by atoms with van der Waals surface area (Å²) < 4.78 is 5.13. The van der Waals surface area contributed by atoms with Crippen LogP contribution in [0.3, 0.4) is 0 Å². The van der Waals surface area contributed by atoms with Gasteiger partial charge in [-0.05, 0) is 29.3 Å². The smallest absolute Gasteiger partial charge is 0.337 e. The van der Waals surface area contributed by atoms with Gasteiger partial charge in [0.05, 0.1) is 19.2 Å². The van der Waals surface area contributed by atoms with Crippen molar-refractivity contribution in [3.05, 3.63) is 58.9 Å². The van der Waals surface area contributed by atoms with Gasteiger partial charge in [-0.2, -0.15) is 0 Å². The quantitative estimate of drug-likeness (QED) is 0.810. The van der Waals surface area contributed by atoms with Crippen molar-refractivity contribution in [3.63, 3.8) is 0 Å². The van der Waals surface area contributed by atoms with Crippen LogP contribution in [-0.4, -0.2) is 57.5 Å². The highest BCUT2D eigenvalue weighted by molar-refractivity contribution is 6.07. The number of aromatic nitrogens is 1. The van der Waals surface area contributed by atoms with Crippen LogP contribution >= 0.6 is 0 Å². The topological polar surface area (TPSA) is 100 Å². The van der Waals surface area contributed by atoms with Gasteiger partial charge in [-0.3, -0.25) is 14.7 Å². The van der Waals surface area contributed by atoms with E-state index in [0.717, 1.165) is 5.56 Å². The van der Waals surface area contributed by atoms with Gasteiger partial charge >= 0.3 is 12.0 Å². The second kappa shape index (κ2) is 6.33. The van der Waals surface area contributed by atoms with Crippen LogP contribution in [0.25, 0.3) is 0 Å². The van der Waals surface area contributed by atoms with E-state index in [9.17, 15) is 19.5 Å². The van der Waals surface area contributed by atoms with E-state index in [1.54, 1.807) is 26.3 Å². The molecule has 144 valence electrons. The molecule has 28 heavy (non-hydrogen) atoms. The summed E-state index contributed by atoms with van der Waals surface area (Å²) in [4.78, 5) is 44.2. The number of hydrogen-bond donors (Lipinski definition) is 1. The number of rotatable bonds is 4. The number of carboxylic acid groups (broad SMARTS) is 1. The lowest BCUT2D eigenvalue weighted by Gasteiger charge is -2.27. The van der Waals surface area contributed by atoms with Gasteiger partial charge in [0.15, 0.2) is 0 Å². The second-order valence-electron chi connectivity index (χ2n) is 7.10. The van der Waals surface area contributed by atoms with Crippen LogP contribution in [0.15, 0.2) is 36.5 Å². The Morgan fingerprint density at radius 3 is 2.61 bits per heavy atom. The minimum Gasteiger partial charge on any atom is -0.497 e. The van der Waals surface area contributed by atoms with Crippen LogP contribution in [0.1, 0.15) is 27.2 Å². The lowest BCUT2D eigenvalue weighted by Crippen LogP contribution is -2.48. The van der Waals surface area contributed by atoms with E-state index in [4.69, 9.17) is 4.74 Å². The van der Waals surface area contributed by atoms with E-state index < -0.39 is 11.5 Å². The minimum atomic E-state index is -1.07. The maximum Gasteiger partial charge on any atom is 0.337 e. The lowest BCUT2D eigenvalue weighted by atomic mass is 9.94. The number of carboxylic acids is 1. The van der Waals surface area contributed by atoms with E-state index in [1.165, 1.54) is 22.1 Å². The fourth-order valence-corrected chi connectivity index (χ4v) is 3.91. The van der Waals surface area contributed by atoms with Gasteiger partial charge in [0.2, 0.25) is 0 Å². The number of urea groups is 1. The Hall–Kier alpha value is -3.42. The van der Waals surface area contributed by atoms with Gasteiger partial charge in [0, 0.05) is 31.8 Å². The molecule has 1 spiro atoms. The number of nitrogens with zero attached hydrogens (tertiary/aromatic N) is 3. The molecule has 8 heteroatoms. The number of aromatic carboxylic acids is 1. The third-order valence-electron chi connectivity index (χ3n) is 5.55. The molecular formula is C20H19N3O5. The number of hydrogen-bond acceptors (Lipinski definition) is 5. The summed E-state index contributed by atoms with van der Waals surface area (Å²) in [7, 11) is 3.18. The normalized spacial score (nSPS) is 20.8. The Kier molecular flexibility index (Phi) is 4.06. The summed E-state index contributed by atoms with van der Waals surface area (Å²) in [5, 5.41) is 9.17. The molecule has 3 amide bonds. The van der Waals surface area contributed by atoms with Crippen molar-refractivity contribution in [1.82, 2.24) is 14.8 Å². The molecule has 1 aliphatic carbocycles. The van der Waals surface area contributed by atoms with E-state index >= 15 is 0 Å². The Labute approximate surface area is 161 Å². The van der Waals surface area contributed by atoms with Gasteiger partial charge in [-0.25, -0.2) is 9.59 Å². The Morgan fingerprint density at radius 2 is 1.96 bits per heavy atom. The van der Waals surface area contributed by atoms with Crippen LogP contribution in [0.2, 0.25) is 0 Å². The minimum absolute atomic E-state index is 0.0744. The van der Waals surface area contributed by atoms with Gasteiger partial charge < -0.3 is 14.7 Å². The van der Waals surface area contributed by atoms with E-state index in [2.05, 4.69) is 4.98 Å². The number of ether oxygens (including phenoxy) is 1. The Bertz CT molecular complexity index is 988. The number of carbonyl (C=O) groups excluding carboxylic acids is 2. The molecule has 4 rings (SSSR count). The Balaban J connectivity index is 1.61. The molecule has 1 atom stereocenters. The number of pyridine rings is 1. The van der Waals surface area contributed by atoms with Crippen molar-refractivity contribution in [2.24, 2.45) is 0 Å². The van der Waals surface area contributed by atoms with Crippen LogP contribution < -0.4 is 4.74 Å². The molecule has 2 aromatic rings. The van der Waals surface area contributed by atoms with Gasteiger partial charge in [0.25, 0.3) is 5.91 Å². The SMILES string of the molecule is COc1ccc(CN2C(=O)N(C)[C@@]3(Cc4cc(C(=O)O)cnc4C3)C2=O)cc1. The molecule has 1 aromatic heterocycles. The summed E-state index contributed by atoms with van der Waals surface area (Å²) in [6, 6.07) is 8.36. The molecule has 1 fully saturated rings. The van der Waals surface area contributed by atoms with Crippen LogP contribution in [0, 0.1) is 0 Å². The summed E-state index contributed by atoms with van der Waals surface area (Å²) in [5.74, 6) is -0.659. The molecule has 8 nitrogen and oxygen atoms in total. The molecule has 1 saturated heterocycles. The molecule has 2 aliphatic rings. The molecule has 1 aromatic carbocycles. The summed E-state index contributed by atoms with van der Waals surface area (Å²) >= 11 is 0. The van der Waals surface area contributed by atoms with Crippen molar-refractivity contribution < 1.29 is 24.2 Å². The van der Waals surface area contributed by atoms with Crippen molar-refractivity contribution in [2.45, 2.75) is 24.9 Å². The van der Waals surface area contributed by atoms with E-state index in [-0.39, 0.29) is 36.9 Å². The molecule has 0 bridgehead atoms. The molecule has 1 N–H and O–H groups in total. The predicted molar refractivity (Wildman–Crippen MR) is 98.0 cm³/mol. The molecule has 0 radical (unpaired) electrons. The maximum atomic E-state index is 13.3. The number of fused-ring (bicyclic) bond motifs is 1. The first-order valence-corrected chi connectivity index (χ1v) is 8.79. The first-order chi connectivity index (χ1) is 13.4. The third kappa shape index (κ3) is 2.60. The maximum absolute atomic E-state index is 13.3. The molecular weight excluding hydrogens is 362 g/mol. The van der Waals surface area contributed by atoms with E-state index in [0.29, 0.717) is 17.0 Å². The molecule has 0 saturated carbocycles. The molecule has 1 aliphatic heterocycles. The van der Waals surface area contributed by atoms with Gasteiger partial charge in [-0.1, -0.05) is 12.1 Å². The van der Waals surface area contributed by atoms with Crippen molar-refractivity contribution in [2.75, 3.05) is 14.2 Å². The number of imide groups is 1. The van der Waals surface area contributed by atoms with Gasteiger partial charge in [0.1, 0.15) is 11.3 Å². The monoisotopic (exact) mass is 381 g/mol. The lowest BCUT2D eigenvalue weighted by molar-refractivity contribution is -0.133. The standard InChI is InChI=1S/C20H19N3O5/c1-22-19(27)23(11-12-3-5-15(28-2)6-4-12)18(26)20(22)8-13-7-14(17(24)25)10-21-16(13)9-20/h3-7,10H,8-9,11H2,1-2H3,(H,24,25)/t20-/m1/s1. The van der Waals surface area contributed by atoms with Crippen molar-refractivity contribution >= 4 is 17.9 Å². The van der Waals surface area contributed by atoms with Crippen LogP contribution in [0.5, 0.6) is 5.75 Å². The summed E-state index contributed by atoms with van der Waals surface area (Å²) in [6.07, 6.45) is 1.83. The van der Waals surface area contributed by atoms with Crippen molar-refractivity contribution in [3.8, 4) is 5.75 Å². The number of amides is 3. The highest BCUT2D eigenvalue weighted by atomic mass is 16.5. The predicted octanol–water partition coefficient (Wildman–Crippen LogP) is 1.72. The highest BCUT2D eigenvalue weighted by Crippen LogP contribution is 2.40. The number of methoxy groups -OCH3 is 1. The summed E-state index contributed by atoms with van der Waals surface area (Å²) in [5.41, 5.74) is 1.19. The zero-order chi connectivity index (χ0) is 20.1. The largest absolute Gasteiger partial charge is 0.497 e. The second-order valence-corrected chi connectivity index (χ2v) is 7.10. The average Bonchev–Trinajstić information content (AvgIpc) is 3.16. The zero-order valence-corrected chi connectivity index (χ0v) is 15.5. The molecule has 0 unspecified atom stereocenters. The number of likely N-dealkylation sites (N-methyl/N-ethyl adjacent to an activating group) is 1.